The molecule has 0 saturated heterocycles. The van der Waals surface area contributed by atoms with Gasteiger partial charge in [0.15, 0.2) is 19.8 Å². The first kappa shape index (κ1) is 20.0. The molecule has 148 valence electrons. The summed E-state index contributed by atoms with van der Waals surface area (Å²) in [4.78, 5) is 0. The van der Waals surface area contributed by atoms with E-state index < -0.39 is 13.9 Å². The van der Waals surface area contributed by atoms with Gasteiger partial charge in [-0.15, -0.1) is 0 Å². The minimum Gasteiger partial charge on any atom is -0.493 e. The fourth-order valence-electron chi connectivity index (χ4n) is 4.37. The van der Waals surface area contributed by atoms with Crippen LogP contribution in [-0.2, 0) is 16.4 Å². The predicted molar refractivity (Wildman–Crippen MR) is 112 cm³/mol. The molecule has 1 aromatic rings. The highest BCUT2D eigenvalue weighted by Gasteiger charge is 2.46. The van der Waals surface area contributed by atoms with E-state index in [1.165, 1.54) is 11.1 Å². The minimum absolute atomic E-state index is 0.492. The van der Waals surface area contributed by atoms with E-state index in [-0.39, 0.29) is 0 Å². The molecule has 3 rings (SSSR count). The highest BCUT2D eigenvalue weighted by atomic mass is 28.4. The van der Waals surface area contributed by atoms with Gasteiger partial charge in [-0.3, -0.25) is 0 Å². The van der Waals surface area contributed by atoms with Gasteiger partial charge in [0.1, 0.15) is 5.60 Å². The molecule has 2 aliphatic rings. The van der Waals surface area contributed by atoms with Crippen molar-refractivity contribution in [2.75, 3.05) is 21.3 Å². The number of fused-ring (bicyclic) bond motifs is 3. The Morgan fingerprint density at radius 1 is 0.963 bits per heavy atom. The van der Waals surface area contributed by atoms with Crippen LogP contribution in [0.25, 0.3) is 0 Å². The summed E-state index contributed by atoms with van der Waals surface area (Å²) in [5, 5.41) is 0. The van der Waals surface area contributed by atoms with Gasteiger partial charge < -0.3 is 18.6 Å². The Morgan fingerprint density at radius 2 is 1.70 bits per heavy atom. The summed E-state index contributed by atoms with van der Waals surface area (Å²) in [6.45, 7) is 6.77. The smallest absolute Gasteiger partial charge is 0.203 e. The zero-order valence-corrected chi connectivity index (χ0v) is 18.5. The van der Waals surface area contributed by atoms with Crippen molar-refractivity contribution >= 4 is 8.32 Å². The van der Waals surface area contributed by atoms with E-state index >= 15 is 0 Å². The van der Waals surface area contributed by atoms with Gasteiger partial charge in [-0.05, 0) is 68.9 Å². The lowest BCUT2D eigenvalue weighted by Crippen LogP contribution is -2.42. The average Bonchev–Trinajstić information content (AvgIpc) is 2.89. The van der Waals surface area contributed by atoms with Crippen LogP contribution >= 0.6 is 0 Å². The van der Waals surface area contributed by atoms with Gasteiger partial charge in [-0.2, -0.15) is 0 Å². The summed E-state index contributed by atoms with van der Waals surface area (Å²) < 4.78 is 24.3. The maximum atomic E-state index is 7.02. The molecular weight excluding hydrogens is 356 g/mol. The Kier molecular flexibility index (Phi) is 5.73. The summed E-state index contributed by atoms with van der Waals surface area (Å²) in [6, 6.07) is 2.11. The molecule has 0 bridgehead atoms. The molecule has 1 atom stereocenters. The van der Waals surface area contributed by atoms with Gasteiger partial charge in [0.25, 0.3) is 0 Å². The largest absolute Gasteiger partial charge is 0.493 e. The molecule has 27 heavy (non-hydrogen) atoms. The quantitative estimate of drug-likeness (QED) is 0.635. The standard InChI is InChI=1S/C22H32O4Si/c1-23-18-15-16-11-10-13-17-12-8-7-9-14-22(17,26-27(4,5)6)19(16)21(25-3)20(18)24-2/h8,12-13,15H,7,9-11,14H2,1-6H3. The second-order valence-electron chi connectivity index (χ2n) is 8.21. The van der Waals surface area contributed by atoms with E-state index in [2.05, 4.69) is 43.9 Å². The summed E-state index contributed by atoms with van der Waals surface area (Å²) in [7, 11) is 3.19. The summed E-state index contributed by atoms with van der Waals surface area (Å²) in [6.07, 6.45) is 11.9. The third kappa shape index (κ3) is 3.67. The number of ether oxygens (including phenoxy) is 3. The molecule has 5 heteroatoms. The molecule has 0 heterocycles. The highest BCUT2D eigenvalue weighted by molar-refractivity contribution is 6.69. The zero-order chi connectivity index (χ0) is 19.7. The molecule has 0 fully saturated rings. The average molecular weight is 389 g/mol. The number of hydrogen-bond acceptors (Lipinski definition) is 4. The summed E-state index contributed by atoms with van der Waals surface area (Å²) in [5.41, 5.74) is 3.12. The van der Waals surface area contributed by atoms with Crippen molar-refractivity contribution in [2.45, 2.75) is 57.3 Å². The fourth-order valence-corrected chi connectivity index (χ4v) is 5.74. The normalized spacial score (nSPS) is 22.1. The van der Waals surface area contributed by atoms with Gasteiger partial charge >= 0.3 is 0 Å². The van der Waals surface area contributed by atoms with Crippen LogP contribution in [0.3, 0.4) is 0 Å². The second-order valence-corrected chi connectivity index (χ2v) is 12.6. The monoisotopic (exact) mass is 388 g/mol. The van der Waals surface area contributed by atoms with E-state index in [4.69, 9.17) is 18.6 Å². The second kappa shape index (κ2) is 7.72. The number of hydrogen-bond donors (Lipinski definition) is 0. The van der Waals surface area contributed by atoms with Gasteiger partial charge in [-0.1, -0.05) is 18.2 Å². The first-order valence-electron chi connectivity index (χ1n) is 9.76. The van der Waals surface area contributed by atoms with Crippen molar-refractivity contribution in [1.29, 1.82) is 0 Å². The molecule has 4 nitrogen and oxygen atoms in total. The number of rotatable bonds is 5. The van der Waals surface area contributed by atoms with Crippen LogP contribution in [0.4, 0.5) is 0 Å². The van der Waals surface area contributed by atoms with E-state index in [0.717, 1.165) is 43.4 Å². The van der Waals surface area contributed by atoms with Crippen LogP contribution in [0.1, 0.15) is 36.8 Å². The Balaban J connectivity index is 2.37. The number of benzene rings is 1. The van der Waals surface area contributed by atoms with Crippen LogP contribution in [0, 0.1) is 0 Å². The van der Waals surface area contributed by atoms with Crippen LogP contribution in [-0.4, -0.2) is 29.6 Å². The molecule has 2 aliphatic carbocycles. The first-order valence-corrected chi connectivity index (χ1v) is 13.2. The molecule has 0 amide bonds. The van der Waals surface area contributed by atoms with E-state index in [0.29, 0.717) is 11.5 Å². The lowest BCUT2D eigenvalue weighted by molar-refractivity contribution is 0.0863. The molecule has 0 N–H and O–H groups in total. The van der Waals surface area contributed by atoms with E-state index in [1.807, 2.05) is 0 Å². The van der Waals surface area contributed by atoms with Crippen molar-refractivity contribution in [3.8, 4) is 17.2 Å². The third-order valence-corrected chi connectivity index (χ3v) is 6.20. The van der Waals surface area contributed by atoms with Crippen molar-refractivity contribution in [1.82, 2.24) is 0 Å². The van der Waals surface area contributed by atoms with Crippen molar-refractivity contribution < 1.29 is 18.6 Å². The molecule has 0 aromatic heterocycles. The topological polar surface area (TPSA) is 36.9 Å². The molecule has 0 radical (unpaired) electrons. The van der Waals surface area contributed by atoms with Crippen molar-refractivity contribution in [3.63, 3.8) is 0 Å². The molecule has 0 saturated carbocycles. The van der Waals surface area contributed by atoms with Crippen LogP contribution in [0.2, 0.25) is 19.6 Å². The van der Waals surface area contributed by atoms with E-state index in [9.17, 15) is 0 Å². The maximum absolute atomic E-state index is 7.02. The van der Waals surface area contributed by atoms with Gasteiger partial charge in [0.05, 0.1) is 21.3 Å². The highest BCUT2D eigenvalue weighted by Crippen LogP contribution is 2.54. The lowest BCUT2D eigenvalue weighted by Gasteiger charge is -2.42. The summed E-state index contributed by atoms with van der Waals surface area (Å²) >= 11 is 0. The Labute approximate surface area is 164 Å². The van der Waals surface area contributed by atoms with E-state index in [1.54, 1.807) is 21.3 Å². The Morgan fingerprint density at radius 3 is 2.33 bits per heavy atom. The molecular formula is C22H32O4Si. The Hall–Kier alpha value is -1.72. The SMILES string of the molecule is COc1cc2c(c(OC)c1OC)C1(O[Si](C)(C)C)CCCC=CC1=CCC2. The van der Waals surface area contributed by atoms with Crippen molar-refractivity contribution in [3.05, 3.63) is 41.0 Å². The van der Waals surface area contributed by atoms with Crippen LogP contribution in [0.5, 0.6) is 17.2 Å². The molecule has 0 aliphatic heterocycles. The molecule has 1 unspecified atom stereocenters. The maximum Gasteiger partial charge on any atom is 0.203 e. The van der Waals surface area contributed by atoms with Gasteiger partial charge in [0, 0.05) is 5.56 Å². The lowest BCUT2D eigenvalue weighted by atomic mass is 9.80. The number of allylic oxidation sites excluding steroid dienone is 2. The summed E-state index contributed by atoms with van der Waals surface area (Å²) in [5.74, 6) is 2.10. The fraction of sp³-hybridized carbons (Fsp3) is 0.545. The van der Waals surface area contributed by atoms with Crippen LogP contribution < -0.4 is 14.2 Å². The predicted octanol–water partition coefficient (Wildman–Crippen LogP) is 5.37. The minimum atomic E-state index is -1.86. The molecule has 0 spiro atoms. The number of methoxy groups -OCH3 is 3. The van der Waals surface area contributed by atoms with Gasteiger partial charge in [-0.25, -0.2) is 0 Å². The first-order chi connectivity index (χ1) is 12.9. The Bertz CT molecular complexity index is 761. The molecule has 1 aromatic carbocycles. The van der Waals surface area contributed by atoms with Crippen molar-refractivity contribution in [2.24, 2.45) is 0 Å². The zero-order valence-electron chi connectivity index (χ0n) is 17.5. The van der Waals surface area contributed by atoms with Crippen LogP contribution in [0.15, 0.2) is 29.9 Å². The third-order valence-electron chi connectivity index (χ3n) is 5.24. The van der Waals surface area contributed by atoms with Gasteiger partial charge in [0.2, 0.25) is 5.75 Å². The number of aryl methyl sites for hydroxylation is 1.